The number of piperidine rings is 1. The predicted molar refractivity (Wildman–Crippen MR) is 82.7 cm³/mol. The first-order chi connectivity index (χ1) is 9.63. The van der Waals surface area contributed by atoms with Crippen LogP contribution in [0.3, 0.4) is 0 Å². The SMILES string of the molecule is CNC1CCCN(C(=O)C(c2ccccc2)C(C)C)C1. The van der Waals surface area contributed by atoms with Crippen molar-refractivity contribution in [3.05, 3.63) is 35.9 Å². The van der Waals surface area contributed by atoms with Gasteiger partial charge >= 0.3 is 0 Å². The maximum atomic E-state index is 12.9. The van der Waals surface area contributed by atoms with Crippen LogP contribution < -0.4 is 5.32 Å². The van der Waals surface area contributed by atoms with Gasteiger partial charge in [-0.05, 0) is 31.4 Å². The second kappa shape index (κ2) is 6.89. The Labute approximate surface area is 122 Å². The molecule has 2 unspecified atom stereocenters. The lowest BCUT2D eigenvalue weighted by Crippen LogP contribution is -2.49. The molecule has 0 bridgehead atoms. The first kappa shape index (κ1) is 15.0. The normalized spacial score (nSPS) is 21.0. The van der Waals surface area contributed by atoms with Gasteiger partial charge in [0.15, 0.2) is 0 Å². The molecule has 0 aliphatic carbocycles. The second-order valence-electron chi connectivity index (χ2n) is 6.04. The van der Waals surface area contributed by atoms with E-state index in [0.717, 1.165) is 31.5 Å². The molecule has 1 N–H and O–H groups in total. The van der Waals surface area contributed by atoms with E-state index in [-0.39, 0.29) is 11.8 Å². The minimum atomic E-state index is -0.0215. The molecular weight excluding hydrogens is 248 g/mol. The second-order valence-corrected chi connectivity index (χ2v) is 6.04. The number of rotatable bonds is 4. The highest BCUT2D eigenvalue weighted by atomic mass is 16.2. The first-order valence-corrected chi connectivity index (χ1v) is 7.64. The highest BCUT2D eigenvalue weighted by Crippen LogP contribution is 2.27. The Morgan fingerprint density at radius 1 is 1.30 bits per heavy atom. The zero-order valence-electron chi connectivity index (χ0n) is 12.8. The van der Waals surface area contributed by atoms with E-state index >= 15 is 0 Å². The summed E-state index contributed by atoms with van der Waals surface area (Å²) in [5.74, 6) is 0.581. The molecule has 0 radical (unpaired) electrons. The Balaban J connectivity index is 2.15. The van der Waals surface area contributed by atoms with E-state index in [1.807, 2.05) is 30.1 Å². The van der Waals surface area contributed by atoms with Crippen LogP contribution in [0.2, 0.25) is 0 Å². The van der Waals surface area contributed by atoms with E-state index in [1.165, 1.54) is 0 Å². The van der Waals surface area contributed by atoms with E-state index in [2.05, 4.69) is 31.3 Å². The quantitative estimate of drug-likeness (QED) is 0.915. The smallest absolute Gasteiger partial charge is 0.230 e. The number of carbonyl (C=O) groups is 1. The molecule has 1 amide bonds. The van der Waals surface area contributed by atoms with Gasteiger partial charge in [0.2, 0.25) is 5.91 Å². The van der Waals surface area contributed by atoms with Crippen molar-refractivity contribution in [1.82, 2.24) is 10.2 Å². The minimum Gasteiger partial charge on any atom is -0.341 e. The lowest BCUT2D eigenvalue weighted by atomic mass is 9.86. The van der Waals surface area contributed by atoms with Gasteiger partial charge in [-0.25, -0.2) is 0 Å². The maximum absolute atomic E-state index is 12.9. The van der Waals surface area contributed by atoms with Gasteiger partial charge in [0, 0.05) is 19.1 Å². The van der Waals surface area contributed by atoms with Crippen LogP contribution in [-0.4, -0.2) is 37.0 Å². The van der Waals surface area contributed by atoms with E-state index in [1.54, 1.807) is 0 Å². The summed E-state index contributed by atoms with van der Waals surface area (Å²) in [6, 6.07) is 10.6. The van der Waals surface area contributed by atoms with Crippen molar-refractivity contribution in [1.29, 1.82) is 0 Å². The third-order valence-corrected chi connectivity index (χ3v) is 4.23. The summed E-state index contributed by atoms with van der Waals surface area (Å²) in [6.07, 6.45) is 2.26. The summed E-state index contributed by atoms with van der Waals surface area (Å²) >= 11 is 0. The Bertz CT molecular complexity index is 430. The zero-order chi connectivity index (χ0) is 14.5. The topological polar surface area (TPSA) is 32.3 Å². The summed E-state index contributed by atoms with van der Waals surface area (Å²) in [6.45, 7) is 6.00. The van der Waals surface area contributed by atoms with E-state index in [0.29, 0.717) is 12.0 Å². The molecule has 20 heavy (non-hydrogen) atoms. The van der Waals surface area contributed by atoms with Crippen molar-refractivity contribution in [3.8, 4) is 0 Å². The van der Waals surface area contributed by atoms with E-state index < -0.39 is 0 Å². The lowest BCUT2D eigenvalue weighted by molar-refractivity contribution is -0.135. The third-order valence-electron chi connectivity index (χ3n) is 4.23. The highest BCUT2D eigenvalue weighted by molar-refractivity contribution is 5.84. The van der Waals surface area contributed by atoms with Gasteiger partial charge in [-0.2, -0.15) is 0 Å². The largest absolute Gasteiger partial charge is 0.341 e. The van der Waals surface area contributed by atoms with Crippen molar-refractivity contribution in [3.63, 3.8) is 0 Å². The molecule has 1 aromatic carbocycles. The standard InChI is InChI=1S/C17H26N2O/c1-13(2)16(14-8-5-4-6-9-14)17(20)19-11-7-10-15(12-19)18-3/h4-6,8-9,13,15-16,18H,7,10-12H2,1-3H3. The van der Waals surface area contributed by atoms with Crippen molar-refractivity contribution < 1.29 is 4.79 Å². The van der Waals surface area contributed by atoms with Crippen LogP contribution in [0, 0.1) is 5.92 Å². The van der Waals surface area contributed by atoms with Crippen LogP contribution in [0.5, 0.6) is 0 Å². The van der Waals surface area contributed by atoms with E-state index in [4.69, 9.17) is 0 Å². The van der Waals surface area contributed by atoms with Gasteiger partial charge in [-0.3, -0.25) is 4.79 Å². The molecule has 0 spiro atoms. The maximum Gasteiger partial charge on any atom is 0.230 e. The number of hydrogen-bond acceptors (Lipinski definition) is 2. The number of likely N-dealkylation sites (tertiary alicyclic amines) is 1. The average molecular weight is 274 g/mol. The molecule has 1 fully saturated rings. The average Bonchev–Trinajstić information content (AvgIpc) is 2.48. The molecule has 2 rings (SSSR count). The molecule has 0 aromatic heterocycles. The van der Waals surface area contributed by atoms with Crippen molar-refractivity contribution in [2.45, 2.75) is 38.6 Å². The van der Waals surface area contributed by atoms with Crippen molar-refractivity contribution in [2.75, 3.05) is 20.1 Å². The lowest BCUT2D eigenvalue weighted by Gasteiger charge is -2.36. The molecule has 1 heterocycles. The summed E-state index contributed by atoms with van der Waals surface area (Å²) in [4.78, 5) is 14.9. The van der Waals surface area contributed by atoms with Gasteiger partial charge in [0.1, 0.15) is 0 Å². The Morgan fingerprint density at radius 2 is 2.00 bits per heavy atom. The van der Waals surface area contributed by atoms with Crippen molar-refractivity contribution >= 4 is 5.91 Å². The fourth-order valence-electron chi connectivity index (χ4n) is 3.08. The van der Waals surface area contributed by atoms with Crippen LogP contribution in [0.1, 0.15) is 38.2 Å². The van der Waals surface area contributed by atoms with E-state index in [9.17, 15) is 4.79 Å². The fraction of sp³-hybridized carbons (Fsp3) is 0.588. The number of hydrogen-bond donors (Lipinski definition) is 1. The highest BCUT2D eigenvalue weighted by Gasteiger charge is 2.31. The minimum absolute atomic E-state index is 0.0215. The molecule has 1 saturated heterocycles. The summed E-state index contributed by atoms with van der Waals surface area (Å²) in [5.41, 5.74) is 1.14. The molecule has 0 saturated carbocycles. The number of carbonyl (C=O) groups excluding carboxylic acids is 1. The summed E-state index contributed by atoms with van der Waals surface area (Å²) in [5, 5.41) is 3.30. The summed E-state index contributed by atoms with van der Waals surface area (Å²) < 4.78 is 0. The van der Waals surface area contributed by atoms with Gasteiger partial charge in [0.25, 0.3) is 0 Å². The van der Waals surface area contributed by atoms with Gasteiger partial charge in [0.05, 0.1) is 5.92 Å². The fourth-order valence-corrected chi connectivity index (χ4v) is 3.08. The molecular formula is C17H26N2O. The molecule has 2 atom stereocenters. The Hall–Kier alpha value is -1.35. The molecule has 1 aromatic rings. The predicted octanol–water partition coefficient (Wildman–Crippen LogP) is 2.64. The third kappa shape index (κ3) is 3.40. The van der Waals surface area contributed by atoms with Gasteiger partial charge in [-0.15, -0.1) is 0 Å². The van der Waals surface area contributed by atoms with Crippen LogP contribution in [-0.2, 0) is 4.79 Å². The molecule has 110 valence electrons. The van der Waals surface area contributed by atoms with Crippen LogP contribution in [0.15, 0.2) is 30.3 Å². The van der Waals surface area contributed by atoms with Crippen LogP contribution in [0.4, 0.5) is 0 Å². The summed E-state index contributed by atoms with van der Waals surface area (Å²) in [7, 11) is 1.98. The Morgan fingerprint density at radius 3 is 2.60 bits per heavy atom. The number of likely N-dealkylation sites (N-methyl/N-ethyl adjacent to an activating group) is 1. The van der Waals surface area contributed by atoms with Crippen LogP contribution in [0.25, 0.3) is 0 Å². The number of nitrogens with zero attached hydrogens (tertiary/aromatic N) is 1. The number of nitrogens with one attached hydrogen (secondary N) is 1. The molecule has 3 nitrogen and oxygen atoms in total. The van der Waals surface area contributed by atoms with Gasteiger partial charge < -0.3 is 10.2 Å². The van der Waals surface area contributed by atoms with Gasteiger partial charge in [-0.1, -0.05) is 44.2 Å². The Kier molecular flexibility index (Phi) is 5.18. The molecule has 3 heteroatoms. The number of amides is 1. The monoisotopic (exact) mass is 274 g/mol. The molecule has 1 aliphatic rings. The van der Waals surface area contributed by atoms with Crippen LogP contribution >= 0.6 is 0 Å². The molecule has 1 aliphatic heterocycles. The first-order valence-electron chi connectivity index (χ1n) is 7.64. The zero-order valence-corrected chi connectivity index (χ0v) is 12.8. The number of benzene rings is 1. The van der Waals surface area contributed by atoms with Crippen molar-refractivity contribution in [2.24, 2.45) is 5.92 Å².